The molecule has 0 aliphatic carbocycles. The number of carbonyl (C=O) groups excluding carboxylic acids is 1. The minimum absolute atomic E-state index is 0.293. The Bertz CT molecular complexity index is 553. The van der Waals surface area contributed by atoms with Crippen LogP contribution >= 0.6 is 11.6 Å². The molecule has 18 heavy (non-hydrogen) atoms. The molecule has 1 aromatic heterocycles. The number of nitrogens with two attached hydrogens (primary N) is 1. The monoisotopic (exact) mass is 265 g/mol. The van der Waals surface area contributed by atoms with Crippen molar-refractivity contribution in [1.82, 2.24) is 14.8 Å². The van der Waals surface area contributed by atoms with E-state index in [0.717, 1.165) is 0 Å². The maximum atomic E-state index is 11.6. The summed E-state index contributed by atoms with van der Waals surface area (Å²) in [6.07, 6.45) is 2.94. The molecule has 6 nitrogen and oxygen atoms in total. The van der Waals surface area contributed by atoms with E-state index in [2.05, 4.69) is 15.4 Å². The number of rotatable bonds is 3. The van der Waals surface area contributed by atoms with E-state index >= 15 is 0 Å². The van der Waals surface area contributed by atoms with E-state index in [0.29, 0.717) is 16.4 Å². The van der Waals surface area contributed by atoms with Crippen LogP contribution in [0.25, 0.3) is 5.69 Å². The van der Waals surface area contributed by atoms with Crippen molar-refractivity contribution >= 4 is 23.2 Å². The average Bonchev–Trinajstić information content (AvgIpc) is 2.82. The first-order valence-electron chi connectivity index (χ1n) is 5.29. The van der Waals surface area contributed by atoms with Gasteiger partial charge in [0, 0.05) is 5.02 Å². The highest BCUT2D eigenvalue weighted by Crippen LogP contribution is 2.23. The number of hydrogen-bond donors (Lipinski definition) is 2. The Labute approximate surface area is 109 Å². The average molecular weight is 266 g/mol. The highest BCUT2D eigenvalue weighted by molar-refractivity contribution is 6.31. The molecule has 0 saturated heterocycles. The van der Waals surface area contributed by atoms with Gasteiger partial charge in [-0.3, -0.25) is 4.79 Å². The highest BCUT2D eigenvalue weighted by Gasteiger charge is 2.12. The second kappa shape index (κ2) is 5.16. The molecule has 0 aliphatic heterocycles. The van der Waals surface area contributed by atoms with Gasteiger partial charge in [-0.1, -0.05) is 11.6 Å². The van der Waals surface area contributed by atoms with E-state index in [1.165, 1.54) is 17.3 Å². The molecule has 0 radical (unpaired) electrons. The minimum Gasteiger partial charge on any atom is -0.323 e. The lowest BCUT2D eigenvalue weighted by atomic mass is 10.2. The van der Waals surface area contributed by atoms with Gasteiger partial charge >= 0.3 is 0 Å². The van der Waals surface area contributed by atoms with E-state index < -0.39 is 6.04 Å². The molecule has 2 rings (SSSR count). The summed E-state index contributed by atoms with van der Waals surface area (Å²) >= 11 is 5.91. The number of anilines is 1. The van der Waals surface area contributed by atoms with Crippen LogP contribution in [0.5, 0.6) is 0 Å². The lowest BCUT2D eigenvalue weighted by molar-refractivity contribution is -0.117. The Balaban J connectivity index is 2.39. The Morgan fingerprint density at radius 2 is 2.33 bits per heavy atom. The van der Waals surface area contributed by atoms with Gasteiger partial charge in [0.05, 0.1) is 17.4 Å². The SMILES string of the molecule is CC(N)C(=O)Nc1cc(Cl)ccc1-n1cncn1. The molecule has 0 spiro atoms. The molecule has 0 aliphatic rings. The summed E-state index contributed by atoms with van der Waals surface area (Å²) in [5.74, 6) is -0.293. The molecule has 1 amide bonds. The Kier molecular flexibility index (Phi) is 3.59. The quantitative estimate of drug-likeness (QED) is 0.873. The Morgan fingerprint density at radius 1 is 1.56 bits per heavy atom. The van der Waals surface area contributed by atoms with Crippen molar-refractivity contribution in [2.75, 3.05) is 5.32 Å². The smallest absolute Gasteiger partial charge is 0.241 e. The van der Waals surface area contributed by atoms with Crippen LogP contribution in [0, 0.1) is 0 Å². The predicted octanol–water partition coefficient (Wildman–Crippen LogP) is 1.21. The minimum atomic E-state index is -0.604. The molecule has 1 unspecified atom stereocenters. The number of amides is 1. The maximum absolute atomic E-state index is 11.6. The van der Waals surface area contributed by atoms with Gasteiger partial charge in [-0.15, -0.1) is 0 Å². The Morgan fingerprint density at radius 3 is 2.94 bits per heavy atom. The van der Waals surface area contributed by atoms with E-state index in [4.69, 9.17) is 17.3 Å². The molecule has 3 N–H and O–H groups in total. The van der Waals surface area contributed by atoms with Crippen molar-refractivity contribution < 1.29 is 4.79 Å². The molecule has 0 fully saturated rings. The van der Waals surface area contributed by atoms with Crippen molar-refractivity contribution in [3.05, 3.63) is 35.9 Å². The molecule has 0 saturated carbocycles. The fourth-order valence-corrected chi connectivity index (χ4v) is 1.56. The van der Waals surface area contributed by atoms with E-state index in [-0.39, 0.29) is 5.91 Å². The highest BCUT2D eigenvalue weighted by atomic mass is 35.5. The van der Waals surface area contributed by atoms with Crippen molar-refractivity contribution in [3.8, 4) is 5.69 Å². The number of hydrogen-bond acceptors (Lipinski definition) is 4. The van der Waals surface area contributed by atoms with Gasteiger partial charge in [0.15, 0.2) is 0 Å². The standard InChI is InChI=1S/C11H12ClN5O/c1-7(13)11(18)16-9-4-8(12)2-3-10(9)17-6-14-5-15-17/h2-7H,13H2,1H3,(H,16,18). The summed E-state index contributed by atoms with van der Waals surface area (Å²) in [6.45, 7) is 1.61. The topological polar surface area (TPSA) is 85.8 Å². The summed E-state index contributed by atoms with van der Waals surface area (Å²) in [5, 5.41) is 7.22. The number of benzene rings is 1. The molecule has 7 heteroatoms. The normalized spacial score (nSPS) is 12.2. The third-order valence-corrected chi connectivity index (χ3v) is 2.53. The molecule has 0 bridgehead atoms. The molecular formula is C11H12ClN5O. The van der Waals surface area contributed by atoms with Crippen LogP contribution in [-0.2, 0) is 4.79 Å². The van der Waals surface area contributed by atoms with Gasteiger partial charge < -0.3 is 11.1 Å². The lowest BCUT2D eigenvalue weighted by Gasteiger charge is -2.12. The fourth-order valence-electron chi connectivity index (χ4n) is 1.39. The molecule has 1 heterocycles. The van der Waals surface area contributed by atoms with Gasteiger partial charge in [0.25, 0.3) is 0 Å². The van der Waals surface area contributed by atoms with E-state index in [9.17, 15) is 4.79 Å². The van der Waals surface area contributed by atoms with E-state index in [1.54, 1.807) is 25.1 Å². The number of nitrogens with zero attached hydrogens (tertiary/aromatic N) is 3. The van der Waals surface area contributed by atoms with Crippen LogP contribution in [-0.4, -0.2) is 26.7 Å². The third-order valence-electron chi connectivity index (χ3n) is 2.30. The van der Waals surface area contributed by atoms with Crippen LogP contribution in [0.1, 0.15) is 6.92 Å². The van der Waals surface area contributed by atoms with Gasteiger partial charge in [-0.05, 0) is 25.1 Å². The van der Waals surface area contributed by atoms with Gasteiger partial charge in [0.2, 0.25) is 5.91 Å². The molecular weight excluding hydrogens is 254 g/mol. The lowest BCUT2D eigenvalue weighted by Crippen LogP contribution is -2.32. The first kappa shape index (κ1) is 12.5. The molecule has 1 aromatic carbocycles. The van der Waals surface area contributed by atoms with Crippen LogP contribution in [0.2, 0.25) is 5.02 Å². The molecule has 1 atom stereocenters. The second-order valence-corrected chi connectivity index (χ2v) is 4.22. The van der Waals surface area contributed by atoms with E-state index in [1.807, 2.05) is 0 Å². The first-order chi connectivity index (χ1) is 8.58. The van der Waals surface area contributed by atoms with Crippen LogP contribution in [0.15, 0.2) is 30.9 Å². The number of aromatic nitrogens is 3. The van der Waals surface area contributed by atoms with Crippen molar-refractivity contribution in [1.29, 1.82) is 0 Å². The zero-order chi connectivity index (χ0) is 13.1. The molecule has 2 aromatic rings. The Hall–Kier alpha value is -1.92. The van der Waals surface area contributed by atoms with Crippen LogP contribution in [0.4, 0.5) is 5.69 Å². The fraction of sp³-hybridized carbons (Fsp3) is 0.182. The van der Waals surface area contributed by atoms with Crippen LogP contribution < -0.4 is 11.1 Å². The zero-order valence-electron chi connectivity index (χ0n) is 9.67. The summed E-state index contributed by atoms with van der Waals surface area (Å²) < 4.78 is 1.53. The predicted molar refractivity (Wildman–Crippen MR) is 68.6 cm³/mol. The van der Waals surface area contributed by atoms with Gasteiger partial charge in [-0.25, -0.2) is 9.67 Å². The zero-order valence-corrected chi connectivity index (χ0v) is 10.4. The number of halogens is 1. The number of nitrogens with one attached hydrogen (secondary N) is 1. The summed E-state index contributed by atoms with van der Waals surface area (Å²) in [7, 11) is 0. The molecule has 94 valence electrons. The number of carbonyl (C=O) groups is 1. The van der Waals surface area contributed by atoms with Crippen LogP contribution in [0.3, 0.4) is 0 Å². The van der Waals surface area contributed by atoms with Gasteiger partial charge in [-0.2, -0.15) is 5.10 Å². The summed E-state index contributed by atoms with van der Waals surface area (Å²) in [5.41, 5.74) is 6.72. The third kappa shape index (κ3) is 2.66. The van der Waals surface area contributed by atoms with Gasteiger partial charge in [0.1, 0.15) is 12.7 Å². The second-order valence-electron chi connectivity index (χ2n) is 3.78. The maximum Gasteiger partial charge on any atom is 0.241 e. The first-order valence-corrected chi connectivity index (χ1v) is 5.66. The van der Waals surface area contributed by atoms with Crippen molar-refractivity contribution in [3.63, 3.8) is 0 Å². The summed E-state index contributed by atoms with van der Waals surface area (Å²) in [6, 6.07) is 4.49. The van der Waals surface area contributed by atoms with Crippen molar-refractivity contribution in [2.45, 2.75) is 13.0 Å². The largest absolute Gasteiger partial charge is 0.323 e. The van der Waals surface area contributed by atoms with Crippen molar-refractivity contribution in [2.24, 2.45) is 5.73 Å². The summed E-state index contributed by atoms with van der Waals surface area (Å²) in [4.78, 5) is 15.5.